The van der Waals surface area contributed by atoms with Gasteiger partial charge in [0.1, 0.15) is 5.82 Å². The second-order valence-corrected chi connectivity index (χ2v) is 5.71. The minimum absolute atomic E-state index is 0. The molecule has 134 valence electrons. The van der Waals surface area contributed by atoms with Crippen LogP contribution in [0.2, 0.25) is 0 Å². The van der Waals surface area contributed by atoms with E-state index in [9.17, 15) is 9.59 Å². The van der Waals surface area contributed by atoms with Gasteiger partial charge in [0.05, 0.1) is 24.3 Å². The van der Waals surface area contributed by atoms with E-state index in [1.165, 1.54) is 0 Å². The number of nitrogens with one attached hydrogen (secondary N) is 3. The summed E-state index contributed by atoms with van der Waals surface area (Å²) in [6, 6.07) is 3.68. The lowest BCUT2D eigenvalue weighted by atomic mass is 9.99. The van der Waals surface area contributed by atoms with Crippen molar-refractivity contribution in [2.75, 3.05) is 42.9 Å². The van der Waals surface area contributed by atoms with Crippen LogP contribution in [0.25, 0.3) is 0 Å². The first-order chi connectivity index (χ1) is 10.7. The molecule has 0 spiro atoms. The molecule has 1 atom stereocenters. The highest BCUT2D eigenvalue weighted by Gasteiger charge is 2.21. The molecule has 0 aromatic carbocycles. The molecule has 2 fully saturated rings. The van der Waals surface area contributed by atoms with Crippen molar-refractivity contribution in [3.8, 4) is 0 Å². The molecule has 2 aliphatic rings. The smallest absolute Gasteiger partial charge is 0.239 e. The van der Waals surface area contributed by atoms with E-state index >= 15 is 0 Å². The van der Waals surface area contributed by atoms with E-state index < -0.39 is 0 Å². The lowest BCUT2D eigenvalue weighted by Gasteiger charge is -2.27. The number of rotatable bonds is 3. The summed E-state index contributed by atoms with van der Waals surface area (Å²) < 4.78 is 0. The number of halogens is 2. The number of aromatic nitrogens is 1. The van der Waals surface area contributed by atoms with Crippen molar-refractivity contribution < 1.29 is 9.59 Å². The summed E-state index contributed by atoms with van der Waals surface area (Å²) in [6.45, 7) is 3.43. The Morgan fingerprint density at radius 2 is 2.12 bits per heavy atom. The highest BCUT2D eigenvalue weighted by atomic mass is 35.5. The molecule has 7 nitrogen and oxygen atoms in total. The molecule has 0 saturated carbocycles. The predicted octanol–water partition coefficient (Wildman–Crippen LogP) is 0.799. The number of pyridine rings is 1. The monoisotopic (exact) mass is 375 g/mol. The summed E-state index contributed by atoms with van der Waals surface area (Å²) in [7, 11) is 0. The fourth-order valence-electron chi connectivity index (χ4n) is 2.80. The molecule has 3 heterocycles. The molecular formula is C15H23Cl2N5O2. The Labute approximate surface area is 153 Å². The first-order valence-corrected chi connectivity index (χ1v) is 7.71. The van der Waals surface area contributed by atoms with Crippen molar-refractivity contribution in [3.05, 3.63) is 18.3 Å². The number of piperazine rings is 1. The fourth-order valence-corrected chi connectivity index (χ4v) is 2.80. The lowest BCUT2D eigenvalue weighted by molar-refractivity contribution is -0.121. The zero-order valence-corrected chi connectivity index (χ0v) is 14.9. The van der Waals surface area contributed by atoms with Crippen LogP contribution in [0.1, 0.15) is 12.8 Å². The Hall–Kier alpha value is -1.57. The number of nitrogens with zero attached hydrogens (tertiary/aromatic N) is 2. The maximum Gasteiger partial charge on any atom is 0.239 e. The van der Waals surface area contributed by atoms with Crippen LogP contribution in [-0.2, 0) is 9.59 Å². The Morgan fingerprint density at radius 3 is 2.75 bits per heavy atom. The molecule has 2 saturated heterocycles. The van der Waals surface area contributed by atoms with Crippen LogP contribution in [0.5, 0.6) is 0 Å². The maximum atomic E-state index is 12.2. The molecule has 24 heavy (non-hydrogen) atoms. The average Bonchev–Trinajstić information content (AvgIpc) is 2.56. The first kappa shape index (κ1) is 20.5. The SMILES string of the molecule is Cl.Cl.O=C1CN(c2ccc(NC(=O)C3CCCNC3)cn2)CCN1. The van der Waals surface area contributed by atoms with Gasteiger partial charge in [0.2, 0.25) is 11.8 Å². The molecule has 2 amide bonds. The van der Waals surface area contributed by atoms with Crippen LogP contribution in [0.4, 0.5) is 11.5 Å². The van der Waals surface area contributed by atoms with Gasteiger partial charge in [-0.1, -0.05) is 0 Å². The molecule has 0 radical (unpaired) electrons. The summed E-state index contributed by atoms with van der Waals surface area (Å²) in [6.07, 6.45) is 3.61. The van der Waals surface area contributed by atoms with Gasteiger partial charge in [-0.3, -0.25) is 9.59 Å². The highest BCUT2D eigenvalue weighted by Crippen LogP contribution is 2.17. The van der Waals surface area contributed by atoms with Crippen molar-refractivity contribution in [1.29, 1.82) is 0 Å². The van der Waals surface area contributed by atoms with E-state index in [4.69, 9.17) is 0 Å². The molecule has 0 bridgehead atoms. The van der Waals surface area contributed by atoms with Crippen molar-refractivity contribution in [2.45, 2.75) is 12.8 Å². The quantitative estimate of drug-likeness (QED) is 0.727. The zero-order chi connectivity index (χ0) is 15.4. The van der Waals surface area contributed by atoms with E-state index in [2.05, 4.69) is 20.9 Å². The predicted molar refractivity (Wildman–Crippen MR) is 98.2 cm³/mol. The number of amides is 2. The molecule has 0 aliphatic carbocycles. The van der Waals surface area contributed by atoms with Gasteiger partial charge in [0, 0.05) is 19.6 Å². The highest BCUT2D eigenvalue weighted by molar-refractivity contribution is 5.92. The molecule has 1 aromatic rings. The van der Waals surface area contributed by atoms with Gasteiger partial charge >= 0.3 is 0 Å². The van der Waals surface area contributed by atoms with Crippen LogP contribution >= 0.6 is 24.8 Å². The van der Waals surface area contributed by atoms with Gasteiger partial charge in [-0.25, -0.2) is 4.98 Å². The van der Waals surface area contributed by atoms with Crippen molar-refractivity contribution in [2.24, 2.45) is 5.92 Å². The molecule has 3 rings (SSSR count). The summed E-state index contributed by atoms with van der Waals surface area (Å²) in [4.78, 5) is 29.8. The Bertz CT molecular complexity index is 549. The van der Waals surface area contributed by atoms with Gasteiger partial charge in [-0.15, -0.1) is 24.8 Å². The number of anilines is 2. The van der Waals surface area contributed by atoms with Gasteiger partial charge < -0.3 is 20.9 Å². The van der Waals surface area contributed by atoms with Crippen LogP contribution in [0.15, 0.2) is 18.3 Å². The molecule has 1 aromatic heterocycles. The Kier molecular flexibility index (Phi) is 8.24. The summed E-state index contributed by atoms with van der Waals surface area (Å²) >= 11 is 0. The standard InChI is InChI=1S/C15H21N5O2.2ClH/c21-14-10-20(7-6-17-14)13-4-3-12(9-18-13)19-15(22)11-2-1-5-16-8-11;;/h3-4,9,11,16H,1-2,5-8,10H2,(H,17,21)(H,19,22);2*1H. The second kappa shape index (κ2) is 9.66. The second-order valence-electron chi connectivity index (χ2n) is 5.71. The molecule has 2 aliphatic heterocycles. The van der Waals surface area contributed by atoms with Crippen molar-refractivity contribution >= 4 is 48.1 Å². The number of carbonyl (C=O) groups is 2. The molecule has 3 N–H and O–H groups in total. The topological polar surface area (TPSA) is 86.4 Å². The third kappa shape index (κ3) is 5.22. The normalized spacial score (nSPS) is 20.2. The maximum absolute atomic E-state index is 12.2. The van der Waals surface area contributed by atoms with E-state index in [1.807, 2.05) is 17.0 Å². The number of hydrogen-bond acceptors (Lipinski definition) is 5. The van der Waals surface area contributed by atoms with E-state index in [1.54, 1.807) is 6.20 Å². The van der Waals surface area contributed by atoms with Gasteiger partial charge in [0.15, 0.2) is 0 Å². The molecule has 9 heteroatoms. The van der Waals surface area contributed by atoms with E-state index in [-0.39, 0.29) is 42.5 Å². The summed E-state index contributed by atoms with van der Waals surface area (Å²) in [5.41, 5.74) is 0.695. The summed E-state index contributed by atoms with van der Waals surface area (Å²) in [5.74, 6) is 0.834. The van der Waals surface area contributed by atoms with Gasteiger partial charge in [0.25, 0.3) is 0 Å². The van der Waals surface area contributed by atoms with Crippen LogP contribution < -0.4 is 20.9 Å². The number of hydrogen-bond donors (Lipinski definition) is 3. The van der Waals surface area contributed by atoms with Crippen LogP contribution in [0, 0.1) is 5.92 Å². The first-order valence-electron chi connectivity index (χ1n) is 7.71. The Morgan fingerprint density at radius 1 is 1.29 bits per heavy atom. The zero-order valence-electron chi connectivity index (χ0n) is 13.3. The lowest BCUT2D eigenvalue weighted by Crippen LogP contribution is -2.48. The minimum Gasteiger partial charge on any atom is -0.353 e. The third-order valence-electron chi connectivity index (χ3n) is 4.05. The molecule has 1 unspecified atom stereocenters. The largest absolute Gasteiger partial charge is 0.353 e. The van der Waals surface area contributed by atoms with Crippen LogP contribution in [-0.4, -0.2) is 49.5 Å². The van der Waals surface area contributed by atoms with Crippen LogP contribution in [0.3, 0.4) is 0 Å². The van der Waals surface area contributed by atoms with Crippen molar-refractivity contribution in [3.63, 3.8) is 0 Å². The number of piperidine rings is 1. The molecular weight excluding hydrogens is 353 g/mol. The summed E-state index contributed by atoms with van der Waals surface area (Å²) in [5, 5.41) is 8.93. The Balaban J connectivity index is 0.00000144. The fraction of sp³-hybridized carbons (Fsp3) is 0.533. The van der Waals surface area contributed by atoms with Crippen molar-refractivity contribution in [1.82, 2.24) is 15.6 Å². The minimum atomic E-state index is 0. The van der Waals surface area contributed by atoms with Gasteiger partial charge in [-0.05, 0) is 31.5 Å². The third-order valence-corrected chi connectivity index (χ3v) is 4.05. The van der Waals surface area contributed by atoms with Gasteiger partial charge in [-0.2, -0.15) is 0 Å². The average molecular weight is 376 g/mol. The van der Waals surface area contributed by atoms with E-state index in [0.29, 0.717) is 18.8 Å². The van der Waals surface area contributed by atoms with E-state index in [0.717, 1.165) is 38.3 Å². The number of carbonyl (C=O) groups excluding carboxylic acids is 2.